The fourth-order valence-electron chi connectivity index (χ4n) is 6.86. The van der Waals surface area contributed by atoms with E-state index in [4.69, 9.17) is 42.6 Å². The number of fused-ring (bicyclic) bond motifs is 1. The Morgan fingerprint density at radius 3 is 1.53 bits per heavy atom. The van der Waals surface area contributed by atoms with Crippen LogP contribution in [0.5, 0.6) is 0 Å². The first-order valence-electron chi connectivity index (χ1n) is 18.6. The van der Waals surface area contributed by atoms with Crippen molar-refractivity contribution in [1.29, 1.82) is 0 Å². The van der Waals surface area contributed by atoms with Crippen molar-refractivity contribution in [2.24, 2.45) is 0 Å². The fraction of sp³-hybridized carbons (Fsp3) is 0.349. The molecule has 15 nitrogen and oxygen atoms in total. The van der Waals surface area contributed by atoms with E-state index < -0.39 is 104 Å². The van der Waals surface area contributed by atoms with Crippen LogP contribution in [-0.2, 0) is 42.6 Å². The Morgan fingerprint density at radius 2 is 1.05 bits per heavy atom. The smallest absolute Gasteiger partial charge is 0.338 e. The second-order valence-electron chi connectivity index (χ2n) is 14.1. The number of rotatable bonds is 13. The Hall–Kier alpha value is -5.52. The zero-order chi connectivity index (χ0) is 40.8. The van der Waals surface area contributed by atoms with E-state index in [9.17, 15) is 29.4 Å². The van der Waals surface area contributed by atoms with Crippen molar-refractivity contribution < 1.29 is 72.0 Å². The Bertz CT molecular complexity index is 2010. The number of ether oxygens (including phenoxy) is 9. The molecule has 0 radical (unpaired) electrons. The van der Waals surface area contributed by atoms with Gasteiger partial charge in [-0.15, -0.1) is 0 Å². The van der Waals surface area contributed by atoms with Crippen molar-refractivity contribution in [3.05, 3.63) is 144 Å². The molecular formula is C43H42O15. The van der Waals surface area contributed by atoms with Crippen LogP contribution < -0.4 is 0 Å². The van der Waals surface area contributed by atoms with E-state index in [1.165, 1.54) is 36.4 Å². The number of carbonyl (C=O) groups excluding carboxylic acids is 4. The van der Waals surface area contributed by atoms with Crippen LogP contribution in [0.3, 0.4) is 0 Å². The van der Waals surface area contributed by atoms with E-state index in [0.29, 0.717) is 0 Å². The van der Waals surface area contributed by atoms with E-state index in [1.54, 1.807) is 98.8 Å². The van der Waals surface area contributed by atoms with Crippen LogP contribution in [0.1, 0.15) is 55.3 Å². The molecule has 7 rings (SSSR count). The second-order valence-corrected chi connectivity index (χ2v) is 14.1. The fourth-order valence-corrected chi connectivity index (χ4v) is 6.86. The van der Waals surface area contributed by atoms with Gasteiger partial charge >= 0.3 is 23.9 Å². The summed E-state index contributed by atoms with van der Waals surface area (Å²) in [6.07, 6.45) is -14.3. The monoisotopic (exact) mass is 798 g/mol. The lowest BCUT2D eigenvalue weighted by molar-refractivity contribution is -0.322. The molecule has 4 aromatic rings. The minimum Gasteiger partial charge on any atom is -0.459 e. The summed E-state index contributed by atoms with van der Waals surface area (Å²) in [6, 6.07) is 32.0. The normalized spacial score (nSPS) is 27.8. The summed E-state index contributed by atoms with van der Waals surface area (Å²) in [7, 11) is 0. The summed E-state index contributed by atoms with van der Waals surface area (Å²) >= 11 is 0. The molecule has 15 heteroatoms. The minimum atomic E-state index is -1.72. The molecule has 2 N–H and O–H groups in total. The highest BCUT2D eigenvalue weighted by molar-refractivity contribution is 5.91. The van der Waals surface area contributed by atoms with Gasteiger partial charge in [-0.1, -0.05) is 72.8 Å². The van der Waals surface area contributed by atoms with Crippen LogP contribution in [0, 0.1) is 0 Å². The molecule has 0 bridgehead atoms. The Balaban J connectivity index is 1.31. The summed E-state index contributed by atoms with van der Waals surface area (Å²) in [6.45, 7) is 1.97. The molecular weight excluding hydrogens is 756 g/mol. The highest BCUT2D eigenvalue weighted by atomic mass is 16.9. The third kappa shape index (κ3) is 9.27. The van der Waals surface area contributed by atoms with Crippen molar-refractivity contribution in [2.75, 3.05) is 13.2 Å². The van der Waals surface area contributed by atoms with Crippen molar-refractivity contribution in [2.45, 2.75) is 81.0 Å². The van der Waals surface area contributed by atoms with E-state index in [0.717, 1.165) is 0 Å². The number of aliphatic hydroxyl groups excluding tert-OH is 2. The average Bonchev–Trinajstić information content (AvgIpc) is 3.73. The van der Waals surface area contributed by atoms with Gasteiger partial charge in [0.15, 0.2) is 36.7 Å². The van der Waals surface area contributed by atoms with Gasteiger partial charge in [-0.2, -0.15) is 0 Å². The molecule has 0 aliphatic carbocycles. The standard InChI is InChI=1S/C43H42O15/c1-43(2)57-36-33(31(29(45)23-44)55-42(36)58-43)56-41-35(54-40(49)28-21-13-6-14-22-28)34(53-39(48)27-19-11-5-12-20-27)32(52-38(47)26-17-9-4-10-18-26)30(51-41)24-50-37(46)25-15-7-3-8-16-25/h3-22,29-36,41-42,44-45H,23-24H2,1-2H3/t29?,30?,31-,32-,33?,34?,35?,36?,41+,42-/m1/s1. The number of aliphatic hydroxyl groups is 2. The first kappa shape index (κ1) is 40.7. The molecule has 3 fully saturated rings. The topological polar surface area (TPSA) is 192 Å². The van der Waals surface area contributed by atoms with Crippen LogP contribution in [0.4, 0.5) is 0 Å². The Morgan fingerprint density at radius 1 is 0.603 bits per heavy atom. The minimum absolute atomic E-state index is 0.108. The van der Waals surface area contributed by atoms with Gasteiger partial charge in [-0.05, 0) is 62.4 Å². The first-order valence-corrected chi connectivity index (χ1v) is 18.6. The molecule has 304 valence electrons. The number of carbonyl (C=O) groups is 4. The highest BCUT2D eigenvalue weighted by Crippen LogP contribution is 2.42. The van der Waals surface area contributed by atoms with Crippen LogP contribution in [0.2, 0.25) is 0 Å². The quantitative estimate of drug-likeness (QED) is 0.146. The van der Waals surface area contributed by atoms with E-state index in [-0.39, 0.29) is 22.3 Å². The Kier molecular flexibility index (Phi) is 12.6. The molecule has 4 aromatic carbocycles. The van der Waals surface area contributed by atoms with E-state index in [2.05, 4.69) is 0 Å². The lowest BCUT2D eigenvalue weighted by Gasteiger charge is -2.45. The Labute approximate surface area is 333 Å². The molecule has 6 unspecified atom stereocenters. The maximum Gasteiger partial charge on any atom is 0.338 e. The van der Waals surface area contributed by atoms with E-state index >= 15 is 0 Å². The largest absolute Gasteiger partial charge is 0.459 e. The molecule has 0 amide bonds. The van der Waals surface area contributed by atoms with Gasteiger partial charge in [-0.3, -0.25) is 0 Å². The number of esters is 4. The molecule has 3 saturated heterocycles. The maximum atomic E-state index is 13.9. The predicted molar refractivity (Wildman–Crippen MR) is 199 cm³/mol. The molecule has 3 heterocycles. The zero-order valence-corrected chi connectivity index (χ0v) is 31.4. The number of hydrogen-bond acceptors (Lipinski definition) is 15. The molecule has 58 heavy (non-hydrogen) atoms. The van der Waals surface area contributed by atoms with Crippen LogP contribution in [-0.4, -0.2) is 115 Å². The second kappa shape index (κ2) is 18.0. The van der Waals surface area contributed by atoms with Crippen LogP contribution in [0.25, 0.3) is 0 Å². The summed E-state index contributed by atoms with van der Waals surface area (Å²) in [4.78, 5) is 54.9. The van der Waals surface area contributed by atoms with Crippen LogP contribution >= 0.6 is 0 Å². The van der Waals surface area contributed by atoms with Crippen molar-refractivity contribution in [3.8, 4) is 0 Å². The van der Waals surface area contributed by atoms with Crippen molar-refractivity contribution in [3.63, 3.8) is 0 Å². The first-order chi connectivity index (χ1) is 28.0. The summed E-state index contributed by atoms with van der Waals surface area (Å²) < 4.78 is 55.0. The summed E-state index contributed by atoms with van der Waals surface area (Å²) in [5, 5.41) is 20.9. The van der Waals surface area contributed by atoms with Gasteiger partial charge in [0.2, 0.25) is 0 Å². The third-order valence-electron chi connectivity index (χ3n) is 9.62. The van der Waals surface area contributed by atoms with Gasteiger partial charge in [0.25, 0.3) is 0 Å². The molecule has 0 spiro atoms. The lowest BCUT2D eigenvalue weighted by Crippen LogP contribution is -2.64. The van der Waals surface area contributed by atoms with Gasteiger partial charge in [0.05, 0.1) is 28.9 Å². The SMILES string of the molecule is CC1(C)OC2C(O[C@@H]3OC(COC(=O)c4ccccc4)[C@@H](OC(=O)c4ccccc4)C(OC(=O)c4ccccc4)C3OC(=O)c3ccccc3)[C@@H](C(O)CO)O[C@@H]2O1. The molecule has 0 aromatic heterocycles. The van der Waals surface area contributed by atoms with Gasteiger partial charge in [0, 0.05) is 0 Å². The molecule has 0 saturated carbocycles. The lowest BCUT2D eigenvalue weighted by atomic mass is 9.97. The highest BCUT2D eigenvalue weighted by Gasteiger charge is 2.60. The molecule has 3 aliphatic rings. The maximum absolute atomic E-state index is 13.9. The summed E-state index contributed by atoms with van der Waals surface area (Å²) in [5.41, 5.74) is 0.555. The van der Waals surface area contributed by atoms with Gasteiger partial charge in [-0.25, -0.2) is 19.2 Å². The van der Waals surface area contributed by atoms with Crippen LogP contribution in [0.15, 0.2) is 121 Å². The van der Waals surface area contributed by atoms with Crippen molar-refractivity contribution >= 4 is 23.9 Å². The molecule has 3 aliphatic heterocycles. The third-order valence-corrected chi connectivity index (χ3v) is 9.62. The van der Waals surface area contributed by atoms with E-state index in [1.807, 2.05) is 0 Å². The number of hydrogen-bond donors (Lipinski definition) is 2. The summed E-state index contributed by atoms with van der Waals surface area (Å²) in [5.74, 6) is -4.54. The van der Waals surface area contributed by atoms with Crippen molar-refractivity contribution in [1.82, 2.24) is 0 Å². The number of benzene rings is 4. The average molecular weight is 799 g/mol. The van der Waals surface area contributed by atoms with Gasteiger partial charge in [0.1, 0.15) is 37.1 Å². The zero-order valence-electron chi connectivity index (χ0n) is 31.4. The van der Waals surface area contributed by atoms with Gasteiger partial charge < -0.3 is 52.8 Å². The predicted octanol–water partition coefficient (Wildman–Crippen LogP) is 3.86. The molecule has 10 atom stereocenters.